The second kappa shape index (κ2) is 5.00. The molecular formula is C17H14FNO. The van der Waals surface area contributed by atoms with Gasteiger partial charge in [0.05, 0.1) is 0 Å². The molecule has 0 atom stereocenters. The number of hydrogen-bond donors (Lipinski definition) is 0. The predicted octanol–water partition coefficient (Wildman–Crippen LogP) is 3.36. The second-order valence-electron chi connectivity index (χ2n) is 4.93. The van der Waals surface area contributed by atoms with E-state index in [1.54, 1.807) is 12.1 Å². The van der Waals surface area contributed by atoms with Crippen molar-refractivity contribution in [3.8, 4) is 0 Å². The van der Waals surface area contributed by atoms with E-state index in [9.17, 15) is 9.18 Å². The summed E-state index contributed by atoms with van der Waals surface area (Å²) in [5, 5.41) is 0. The van der Waals surface area contributed by atoms with Gasteiger partial charge in [0.2, 0.25) is 5.78 Å². The molecule has 0 radical (unpaired) electrons. The van der Waals surface area contributed by atoms with Gasteiger partial charge in [0.1, 0.15) is 11.5 Å². The van der Waals surface area contributed by atoms with Crippen LogP contribution >= 0.6 is 0 Å². The molecule has 0 spiro atoms. The zero-order chi connectivity index (χ0) is 14.1. The molecule has 2 nitrogen and oxygen atoms in total. The van der Waals surface area contributed by atoms with Crippen LogP contribution in [0.15, 0.2) is 47.5 Å². The summed E-state index contributed by atoms with van der Waals surface area (Å²) in [5.41, 5.74) is 3.64. The number of ketones is 1. The van der Waals surface area contributed by atoms with Crippen molar-refractivity contribution in [2.75, 3.05) is 6.54 Å². The molecule has 0 aromatic heterocycles. The number of aryl methyl sites for hydroxylation is 1. The standard InChI is InChI=1S/C17H14FNO/c1-11-4-2-3-5-14(11)17(20)16-15-7-6-13(18)10-12(15)8-9-19-16/h2-7,10H,8-9H2,1H3. The lowest BCUT2D eigenvalue weighted by molar-refractivity contribution is 0.106. The van der Waals surface area contributed by atoms with Crippen LogP contribution in [0.25, 0.3) is 0 Å². The number of carbonyl (C=O) groups excluding carboxylic acids is 1. The summed E-state index contributed by atoms with van der Waals surface area (Å²) in [6.07, 6.45) is 0.678. The van der Waals surface area contributed by atoms with Gasteiger partial charge in [-0.1, -0.05) is 24.3 Å². The van der Waals surface area contributed by atoms with Gasteiger partial charge in [-0.2, -0.15) is 0 Å². The number of halogens is 1. The number of benzene rings is 2. The number of nitrogens with zero attached hydrogens (tertiary/aromatic N) is 1. The summed E-state index contributed by atoms with van der Waals surface area (Å²) in [5.74, 6) is -0.357. The lowest BCUT2D eigenvalue weighted by Crippen LogP contribution is -2.22. The number of carbonyl (C=O) groups is 1. The molecule has 2 aromatic rings. The molecule has 0 saturated carbocycles. The van der Waals surface area contributed by atoms with Crippen LogP contribution in [0.1, 0.15) is 27.0 Å². The first-order valence-electron chi connectivity index (χ1n) is 6.60. The average Bonchev–Trinajstić information content (AvgIpc) is 2.46. The highest BCUT2D eigenvalue weighted by molar-refractivity contribution is 6.52. The number of Topliss-reactive ketones (excluding diaryl/α,β-unsaturated/α-hetero) is 1. The highest BCUT2D eigenvalue weighted by atomic mass is 19.1. The smallest absolute Gasteiger partial charge is 0.211 e. The molecule has 3 rings (SSSR count). The van der Waals surface area contributed by atoms with Gasteiger partial charge < -0.3 is 0 Å². The largest absolute Gasteiger partial charge is 0.287 e. The van der Waals surface area contributed by atoms with Crippen molar-refractivity contribution >= 4 is 11.5 Å². The van der Waals surface area contributed by atoms with E-state index in [4.69, 9.17) is 0 Å². The zero-order valence-corrected chi connectivity index (χ0v) is 11.2. The number of aliphatic imine (C=N–C) groups is 1. The third-order valence-electron chi connectivity index (χ3n) is 3.58. The van der Waals surface area contributed by atoms with E-state index in [1.165, 1.54) is 12.1 Å². The van der Waals surface area contributed by atoms with Gasteiger partial charge >= 0.3 is 0 Å². The first-order valence-corrected chi connectivity index (χ1v) is 6.60. The first kappa shape index (κ1) is 12.7. The molecule has 3 heteroatoms. The van der Waals surface area contributed by atoms with Crippen molar-refractivity contribution in [1.29, 1.82) is 0 Å². The number of hydrogen-bond acceptors (Lipinski definition) is 2. The van der Waals surface area contributed by atoms with Gasteiger partial charge in [-0.05, 0) is 42.7 Å². The fourth-order valence-electron chi connectivity index (χ4n) is 2.52. The molecule has 100 valence electrons. The van der Waals surface area contributed by atoms with Crippen molar-refractivity contribution < 1.29 is 9.18 Å². The maximum absolute atomic E-state index is 13.3. The monoisotopic (exact) mass is 267 g/mol. The Balaban J connectivity index is 2.06. The fraction of sp³-hybridized carbons (Fsp3) is 0.176. The summed E-state index contributed by atoms with van der Waals surface area (Å²) in [7, 11) is 0. The van der Waals surface area contributed by atoms with Crippen molar-refractivity contribution in [1.82, 2.24) is 0 Å². The SMILES string of the molecule is Cc1ccccc1C(=O)C1=NCCc2cc(F)ccc21. The topological polar surface area (TPSA) is 29.4 Å². The first-order chi connectivity index (χ1) is 9.66. The van der Waals surface area contributed by atoms with Crippen LogP contribution in [0.3, 0.4) is 0 Å². The summed E-state index contributed by atoms with van der Waals surface area (Å²) >= 11 is 0. The summed E-state index contributed by atoms with van der Waals surface area (Å²) in [6.45, 7) is 2.44. The molecule has 0 aliphatic carbocycles. The minimum atomic E-state index is -0.270. The maximum Gasteiger partial charge on any atom is 0.211 e. The van der Waals surface area contributed by atoms with Gasteiger partial charge in [0.15, 0.2) is 0 Å². The molecule has 1 aliphatic rings. The highest BCUT2D eigenvalue weighted by Crippen LogP contribution is 2.21. The normalized spacial score (nSPS) is 13.6. The average molecular weight is 267 g/mol. The van der Waals surface area contributed by atoms with Crippen LogP contribution in [0.4, 0.5) is 4.39 Å². The fourth-order valence-corrected chi connectivity index (χ4v) is 2.52. The van der Waals surface area contributed by atoms with Gasteiger partial charge in [0.25, 0.3) is 0 Å². The van der Waals surface area contributed by atoms with Crippen LogP contribution in [-0.4, -0.2) is 18.0 Å². The van der Waals surface area contributed by atoms with E-state index < -0.39 is 0 Å². The van der Waals surface area contributed by atoms with Gasteiger partial charge in [-0.15, -0.1) is 0 Å². The minimum absolute atomic E-state index is 0.0874. The van der Waals surface area contributed by atoms with E-state index in [0.29, 0.717) is 24.2 Å². The van der Waals surface area contributed by atoms with E-state index in [1.807, 2.05) is 25.1 Å². The third-order valence-corrected chi connectivity index (χ3v) is 3.58. The molecule has 0 saturated heterocycles. The molecule has 2 aromatic carbocycles. The van der Waals surface area contributed by atoms with Crippen molar-refractivity contribution in [3.05, 3.63) is 70.5 Å². The van der Waals surface area contributed by atoms with Crippen molar-refractivity contribution in [2.45, 2.75) is 13.3 Å². The Bertz CT molecular complexity index is 719. The predicted molar refractivity (Wildman–Crippen MR) is 77.0 cm³/mol. The quantitative estimate of drug-likeness (QED) is 0.767. The Kier molecular flexibility index (Phi) is 3.18. The lowest BCUT2D eigenvalue weighted by Gasteiger charge is -2.16. The number of fused-ring (bicyclic) bond motifs is 1. The van der Waals surface area contributed by atoms with E-state index >= 15 is 0 Å². The maximum atomic E-state index is 13.3. The van der Waals surface area contributed by atoms with E-state index in [2.05, 4.69) is 4.99 Å². The Labute approximate surface area is 117 Å². The number of rotatable bonds is 2. The van der Waals surface area contributed by atoms with Crippen LogP contribution in [-0.2, 0) is 6.42 Å². The molecular weight excluding hydrogens is 253 g/mol. The molecule has 0 bridgehead atoms. The molecule has 0 unspecified atom stereocenters. The molecule has 0 amide bonds. The molecule has 1 heterocycles. The molecule has 20 heavy (non-hydrogen) atoms. The summed E-state index contributed by atoms with van der Waals surface area (Å²) < 4.78 is 13.3. The zero-order valence-electron chi connectivity index (χ0n) is 11.2. The Morgan fingerprint density at radius 3 is 2.80 bits per heavy atom. The second-order valence-corrected chi connectivity index (χ2v) is 4.93. The minimum Gasteiger partial charge on any atom is -0.287 e. The van der Waals surface area contributed by atoms with Gasteiger partial charge in [0, 0.05) is 17.7 Å². The van der Waals surface area contributed by atoms with Gasteiger partial charge in [-0.3, -0.25) is 9.79 Å². The van der Waals surface area contributed by atoms with Crippen molar-refractivity contribution in [2.24, 2.45) is 4.99 Å². The highest BCUT2D eigenvalue weighted by Gasteiger charge is 2.22. The lowest BCUT2D eigenvalue weighted by atomic mass is 9.91. The Morgan fingerprint density at radius 2 is 2.00 bits per heavy atom. The van der Waals surface area contributed by atoms with E-state index in [0.717, 1.165) is 16.7 Å². The Morgan fingerprint density at radius 1 is 1.20 bits per heavy atom. The molecule has 0 fully saturated rings. The van der Waals surface area contributed by atoms with Gasteiger partial charge in [-0.25, -0.2) is 4.39 Å². The Hall–Kier alpha value is -2.29. The third kappa shape index (κ3) is 2.16. The molecule has 1 aliphatic heterocycles. The van der Waals surface area contributed by atoms with Crippen LogP contribution in [0, 0.1) is 12.7 Å². The summed E-state index contributed by atoms with van der Waals surface area (Å²) in [6, 6.07) is 12.0. The summed E-state index contributed by atoms with van der Waals surface area (Å²) in [4.78, 5) is 17.0. The molecule has 0 N–H and O–H groups in total. The van der Waals surface area contributed by atoms with E-state index in [-0.39, 0.29) is 11.6 Å². The van der Waals surface area contributed by atoms with Crippen LogP contribution in [0.2, 0.25) is 0 Å². The van der Waals surface area contributed by atoms with Crippen LogP contribution < -0.4 is 0 Å². The van der Waals surface area contributed by atoms with Crippen LogP contribution in [0.5, 0.6) is 0 Å². The van der Waals surface area contributed by atoms with Crippen molar-refractivity contribution in [3.63, 3.8) is 0 Å².